The molecule has 0 saturated heterocycles. The maximum atomic E-state index is 10.0. The average Bonchev–Trinajstić information content (AvgIpc) is 2.29. The number of anilines is 1. The van der Waals surface area contributed by atoms with Gasteiger partial charge in [-0.3, -0.25) is 5.21 Å². The third-order valence-corrected chi connectivity index (χ3v) is 2.64. The molecule has 0 bridgehead atoms. The van der Waals surface area contributed by atoms with Crippen molar-refractivity contribution < 1.29 is 10.3 Å². The fourth-order valence-corrected chi connectivity index (χ4v) is 1.67. The van der Waals surface area contributed by atoms with Gasteiger partial charge < -0.3 is 5.11 Å². The largest absolute Gasteiger partial charge is 0.394 e. The number of para-hydroxylation sites is 1. The van der Waals surface area contributed by atoms with Gasteiger partial charge in [-0.1, -0.05) is 31.5 Å². The minimum absolute atomic E-state index is 0.0633. The molecule has 1 rings (SSSR count). The number of aliphatic hydroxyl groups excluding tert-OH is 1. The topological polar surface area (TPSA) is 43.7 Å². The predicted molar refractivity (Wildman–Crippen MR) is 61.1 cm³/mol. The van der Waals surface area contributed by atoms with E-state index in [0.717, 1.165) is 17.9 Å². The highest BCUT2D eigenvalue weighted by molar-refractivity contribution is 5.45. The molecule has 0 spiro atoms. The van der Waals surface area contributed by atoms with Gasteiger partial charge in [0, 0.05) is 0 Å². The molecule has 3 nitrogen and oxygen atoms in total. The first-order valence-electron chi connectivity index (χ1n) is 5.29. The van der Waals surface area contributed by atoms with Gasteiger partial charge in [-0.25, -0.2) is 5.06 Å². The minimum Gasteiger partial charge on any atom is -0.394 e. The molecular formula is C12H19NO2. The van der Waals surface area contributed by atoms with E-state index >= 15 is 0 Å². The molecule has 0 amide bonds. The van der Waals surface area contributed by atoms with Gasteiger partial charge in [-0.2, -0.15) is 0 Å². The van der Waals surface area contributed by atoms with Crippen LogP contribution in [0.15, 0.2) is 30.3 Å². The van der Waals surface area contributed by atoms with Crippen LogP contribution in [0.3, 0.4) is 0 Å². The van der Waals surface area contributed by atoms with Crippen LogP contribution in [0.4, 0.5) is 5.69 Å². The minimum atomic E-state index is -0.601. The second-order valence-corrected chi connectivity index (χ2v) is 4.05. The molecule has 84 valence electrons. The summed E-state index contributed by atoms with van der Waals surface area (Å²) in [5, 5.41) is 20.6. The standard InChI is InChI=1S/C12H19NO2/c1-3-9-12(2,10-14)13(15)11-7-5-4-6-8-11/h4-8,14-15H,3,9-10H2,1-2H3/t12-/m1/s1. The summed E-state index contributed by atoms with van der Waals surface area (Å²) in [6.45, 7) is 3.82. The van der Waals surface area contributed by atoms with Gasteiger partial charge in [-0.15, -0.1) is 0 Å². The Kier molecular flexibility index (Phi) is 4.12. The number of hydroxylamine groups is 1. The summed E-state index contributed by atoms with van der Waals surface area (Å²) in [5.74, 6) is 0. The van der Waals surface area contributed by atoms with Gasteiger partial charge in [0.05, 0.1) is 17.8 Å². The molecule has 1 aromatic carbocycles. The summed E-state index contributed by atoms with van der Waals surface area (Å²) in [6, 6.07) is 9.27. The summed E-state index contributed by atoms with van der Waals surface area (Å²) in [4.78, 5) is 0. The SMILES string of the molecule is CCC[C@](C)(CO)N(O)c1ccccc1. The lowest BCUT2D eigenvalue weighted by atomic mass is 9.96. The summed E-state index contributed by atoms with van der Waals surface area (Å²) in [6.07, 6.45) is 1.66. The van der Waals surface area contributed by atoms with Crippen LogP contribution < -0.4 is 5.06 Å². The zero-order valence-electron chi connectivity index (χ0n) is 9.35. The lowest BCUT2D eigenvalue weighted by molar-refractivity contribution is 0.0930. The van der Waals surface area contributed by atoms with E-state index in [0.29, 0.717) is 5.69 Å². The Bertz CT molecular complexity index is 289. The molecule has 0 aliphatic carbocycles. The van der Waals surface area contributed by atoms with Crippen LogP contribution in [-0.2, 0) is 0 Å². The van der Waals surface area contributed by atoms with Gasteiger partial charge in [0.15, 0.2) is 0 Å². The number of rotatable bonds is 5. The summed E-state index contributed by atoms with van der Waals surface area (Å²) in [5.41, 5.74) is 0.110. The van der Waals surface area contributed by atoms with E-state index < -0.39 is 5.54 Å². The number of hydrogen-bond acceptors (Lipinski definition) is 3. The van der Waals surface area contributed by atoms with Crippen molar-refractivity contribution in [3.8, 4) is 0 Å². The van der Waals surface area contributed by atoms with Crippen LogP contribution in [-0.4, -0.2) is 22.5 Å². The highest BCUT2D eigenvalue weighted by Gasteiger charge is 2.29. The Morgan fingerprint density at radius 2 is 1.87 bits per heavy atom. The van der Waals surface area contributed by atoms with E-state index in [2.05, 4.69) is 0 Å². The Morgan fingerprint density at radius 1 is 1.27 bits per heavy atom. The number of hydrogen-bond donors (Lipinski definition) is 2. The number of benzene rings is 1. The zero-order valence-corrected chi connectivity index (χ0v) is 9.35. The molecule has 0 aromatic heterocycles. The summed E-state index contributed by atoms with van der Waals surface area (Å²) < 4.78 is 0. The average molecular weight is 209 g/mol. The molecule has 0 aliphatic rings. The van der Waals surface area contributed by atoms with Crippen LogP contribution in [0.25, 0.3) is 0 Å². The molecule has 3 heteroatoms. The summed E-state index contributed by atoms with van der Waals surface area (Å²) >= 11 is 0. The van der Waals surface area contributed by atoms with Crippen molar-refractivity contribution in [2.24, 2.45) is 0 Å². The van der Waals surface area contributed by atoms with Crippen molar-refractivity contribution in [1.29, 1.82) is 0 Å². The molecule has 0 heterocycles. The first-order chi connectivity index (χ1) is 7.14. The molecule has 1 atom stereocenters. The fraction of sp³-hybridized carbons (Fsp3) is 0.500. The molecule has 1 aromatic rings. The van der Waals surface area contributed by atoms with E-state index in [1.54, 1.807) is 0 Å². The van der Waals surface area contributed by atoms with E-state index in [9.17, 15) is 10.3 Å². The maximum Gasteiger partial charge on any atom is 0.0873 e. The lowest BCUT2D eigenvalue weighted by Gasteiger charge is -2.36. The van der Waals surface area contributed by atoms with Gasteiger partial charge in [-0.05, 0) is 25.5 Å². The third-order valence-electron chi connectivity index (χ3n) is 2.64. The second-order valence-electron chi connectivity index (χ2n) is 4.05. The Balaban J connectivity index is 2.86. The van der Waals surface area contributed by atoms with Crippen molar-refractivity contribution >= 4 is 5.69 Å². The highest BCUT2D eigenvalue weighted by Crippen LogP contribution is 2.25. The van der Waals surface area contributed by atoms with Gasteiger partial charge in [0.1, 0.15) is 0 Å². The van der Waals surface area contributed by atoms with Gasteiger partial charge in [0.2, 0.25) is 0 Å². The zero-order chi connectivity index (χ0) is 11.3. The van der Waals surface area contributed by atoms with Gasteiger partial charge >= 0.3 is 0 Å². The van der Waals surface area contributed by atoms with Crippen molar-refractivity contribution in [2.45, 2.75) is 32.2 Å². The monoisotopic (exact) mass is 209 g/mol. The molecule has 15 heavy (non-hydrogen) atoms. The number of nitrogens with zero attached hydrogens (tertiary/aromatic N) is 1. The first-order valence-corrected chi connectivity index (χ1v) is 5.29. The fourth-order valence-electron chi connectivity index (χ4n) is 1.67. The normalized spacial score (nSPS) is 14.7. The van der Waals surface area contributed by atoms with Crippen LogP contribution in [0.1, 0.15) is 26.7 Å². The first kappa shape index (κ1) is 12.0. The van der Waals surface area contributed by atoms with Crippen LogP contribution >= 0.6 is 0 Å². The van der Waals surface area contributed by atoms with E-state index in [-0.39, 0.29) is 6.61 Å². The molecule has 0 fully saturated rings. The Morgan fingerprint density at radius 3 is 2.33 bits per heavy atom. The predicted octanol–water partition coefficient (Wildman–Crippen LogP) is 2.43. The number of aliphatic hydroxyl groups is 1. The van der Waals surface area contributed by atoms with E-state index in [1.807, 2.05) is 44.2 Å². The third kappa shape index (κ3) is 2.70. The molecule has 0 unspecified atom stereocenters. The highest BCUT2D eigenvalue weighted by atomic mass is 16.5. The van der Waals surface area contributed by atoms with Crippen LogP contribution in [0.2, 0.25) is 0 Å². The molecule has 0 aliphatic heterocycles. The molecular weight excluding hydrogens is 190 g/mol. The second kappa shape index (κ2) is 5.14. The summed E-state index contributed by atoms with van der Waals surface area (Å²) in [7, 11) is 0. The smallest absolute Gasteiger partial charge is 0.0873 e. The Labute approximate surface area is 90.9 Å². The van der Waals surface area contributed by atoms with Crippen molar-refractivity contribution in [2.75, 3.05) is 11.7 Å². The lowest BCUT2D eigenvalue weighted by Crippen LogP contribution is -2.47. The molecule has 0 radical (unpaired) electrons. The van der Waals surface area contributed by atoms with Crippen molar-refractivity contribution in [3.05, 3.63) is 30.3 Å². The molecule has 2 N–H and O–H groups in total. The Hall–Kier alpha value is -1.06. The molecule has 0 saturated carbocycles. The van der Waals surface area contributed by atoms with Crippen molar-refractivity contribution in [1.82, 2.24) is 0 Å². The van der Waals surface area contributed by atoms with E-state index in [1.165, 1.54) is 0 Å². The quantitative estimate of drug-likeness (QED) is 0.732. The van der Waals surface area contributed by atoms with Crippen LogP contribution in [0, 0.1) is 0 Å². The van der Waals surface area contributed by atoms with Crippen molar-refractivity contribution in [3.63, 3.8) is 0 Å². The van der Waals surface area contributed by atoms with Gasteiger partial charge in [0.25, 0.3) is 0 Å². The maximum absolute atomic E-state index is 10.0. The van der Waals surface area contributed by atoms with Crippen LogP contribution in [0.5, 0.6) is 0 Å². The van der Waals surface area contributed by atoms with E-state index in [4.69, 9.17) is 0 Å².